The van der Waals surface area contributed by atoms with Gasteiger partial charge in [-0.15, -0.1) is 0 Å². The molecule has 3 aromatic rings. The van der Waals surface area contributed by atoms with E-state index in [1.807, 2.05) is 19.1 Å². The second-order valence-corrected chi connectivity index (χ2v) is 6.27. The highest BCUT2D eigenvalue weighted by atomic mass is 15.1. The molecule has 0 atom stereocenters. The number of para-hydroxylation sites is 1. The van der Waals surface area contributed by atoms with E-state index in [1.54, 1.807) is 0 Å². The van der Waals surface area contributed by atoms with E-state index in [9.17, 15) is 0 Å². The van der Waals surface area contributed by atoms with Crippen molar-refractivity contribution >= 4 is 17.5 Å². The summed E-state index contributed by atoms with van der Waals surface area (Å²) < 4.78 is 0. The first-order valence-corrected chi connectivity index (χ1v) is 8.58. The maximum Gasteiger partial charge on any atom is 0.229 e. The average molecular weight is 332 g/mol. The normalized spacial score (nSPS) is 10.5. The second-order valence-electron chi connectivity index (χ2n) is 6.27. The van der Waals surface area contributed by atoms with Crippen LogP contribution in [-0.2, 0) is 6.42 Å². The monoisotopic (exact) mass is 332 g/mol. The SMILES string of the molecule is Cc1cc(NCCc2ccccc2)nc(Nc2c(C)cccc2C)n1. The summed E-state index contributed by atoms with van der Waals surface area (Å²) in [6.45, 7) is 7.00. The van der Waals surface area contributed by atoms with E-state index in [0.717, 1.165) is 30.2 Å². The molecule has 0 fully saturated rings. The molecule has 0 aliphatic heterocycles. The molecule has 0 radical (unpaired) electrons. The van der Waals surface area contributed by atoms with Gasteiger partial charge in [-0.05, 0) is 43.9 Å². The third kappa shape index (κ3) is 4.57. The van der Waals surface area contributed by atoms with Gasteiger partial charge in [0.15, 0.2) is 0 Å². The summed E-state index contributed by atoms with van der Waals surface area (Å²) in [6.07, 6.45) is 0.962. The summed E-state index contributed by atoms with van der Waals surface area (Å²) in [5, 5.41) is 6.77. The lowest BCUT2D eigenvalue weighted by atomic mass is 10.1. The van der Waals surface area contributed by atoms with Crippen molar-refractivity contribution in [3.63, 3.8) is 0 Å². The van der Waals surface area contributed by atoms with Gasteiger partial charge in [-0.3, -0.25) is 0 Å². The number of nitrogens with zero attached hydrogens (tertiary/aromatic N) is 2. The third-order valence-corrected chi connectivity index (χ3v) is 4.13. The van der Waals surface area contributed by atoms with Gasteiger partial charge in [-0.2, -0.15) is 4.98 Å². The van der Waals surface area contributed by atoms with Gasteiger partial charge in [0.25, 0.3) is 0 Å². The fourth-order valence-electron chi connectivity index (χ4n) is 2.82. The lowest BCUT2D eigenvalue weighted by molar-refractivity contribution is 0.994. The van der Waals surface area contributed by atoms with Gasteiger partial charge in [-0.1, -0.05) is 48.5 Å². The van der Waals surface area contributed by atoms with E-state index in [1.165, 1.54) is 16.7 Å². The zero-order valence-corrected chi connectivity index (χ0v) is 15.0. The quantitative estimate of drug-likeness (QED) is 0.681. The molecule has 2 N–H and O–H groups in total. The van der Waals surface area contributed by atoms with E-state index in [2.05, 4.69) is 76.9 Å². The van der Waals surface area contributed by atoms with E-state index < -0.39 is 0 Å². The van der Waals surface area contributed by atoms with Gasteiger partial charge < -0.3 is 10.6 Å². The lowest BCUT2D eigenvalue weighted by Crippen LogP contribution is -2.09. The van der Waals surface area contributed by atoms with Crippen molar-refractivity contribution in [2.45, 2.75) is 27.2 Å². The molecule has 0 saturated carbocycles. The maximum absolute atomic E-state index is 4.61. The van der Waals surface area contributed by atoms with Crippen LogP contribution in [0.5, 0.6) is 0 Å². The number of rotatable bonds is 6. The topological polar surface area (TPSA) is 49.8 Å². The lowest BCUT2D eigenvalue weighted by Gasteiger charge is -2.13. The van der Waals surface area contributed by atoms with E-state index in [0.29, 0.717) is 5.95 Å². The van der Waals surface area contributed by atoms with Crippen LogP contribution >= 0.6 is 0 Å². The Labute approximate surface area is 149 Å². The first-order valence-electron chi connectivity index (χ1n) is 8.58. The average Bonchev–Trinajstić information content (AvgIpc) is 2.59. The molecule has 0 aliphatic rings. The summed E-state index contributed by atoms with van der Waals surface area (Å²) in [4.78, 5) is 9.12. The molecule has 0 bridgehead atoms. The van der Waals surface area contributed by atoms with Crippen LogP contribution in [0.1, 0.15) is 22.4 Å². The summed E-state index contributed by atoms with van der Waals surface area (Å²) in [6, 6.07) is 18.7. The predicted molar refractivity (Wildman–Crippen MR) is 105 cm³/mol. The molecule has 128 valence electrons. The Morgan fingerprint density at radius 3 is 2.28 bits per heavy atom. The fourth-order valence-corrected chi connectivity index (χ4v) is 2.82. The van der Waals surface area contributed by atoms with Crippen LogP contribution in [0.25, 0.3) is 0 Å². The fraction of sp³-hybridized carbons (Fsp3) is 0.238. The summed E-state index contributed by atoms with van der Waals surface area (Å²) in [5.74, 6) is 1.47. The molecular formula is C21H24N4. The number of anilines is 3. The Balaban J connectivity index is 1.70. The van der Waals surface area contributed by atoms with Crippen LogP contribution < -0.4 is 10.6 Å². The molecule has 0 unspecified atom stereocenters. The number of hydrogen-bond donors (Lipinski definition) is 2. The van der Waals surface area contributed by atoms with Crippen molar-refractivity contribution in [2.75, 3.05) is 17.2 Å². The Morgan fingerprint density at radius 1 is 0.840 bits per heavy atom. The summed E-state index contributed by atoms with van der Waals surface area (Å²) >= 11 is 0. The molecule has 2 aromatic carbocycles. The van der Waals surface area contributed by atoms with Crippen molar-refractivity contribution in [1.82, 2.24) is 9.97 Å². The Hall–Kier alpha value is -2.88. The van der Waals surface area contributed by atoms with Gasteiger partial charge in [0.05, 0.1) is 0 Å². The molecule has 4 heteroatoms. The standard InChI is InChI=1S/C21H24N4/c1-15-8-7-9-16(2)20(15)25-21-23-17(3)14-19(24-21)22-13-12-18-10-5-4-6-11-18/h4-11,14H,12-13H2,1-3H3,(H2,22,23,24,25). The van der Waals surface area contributed by atoms with Crippen molar-refractivity contribution in [1.29, 1.82) is 0 Å². The number of aromatic nitrogens is 2. The van der Waals surface area contributed by atoms with Crippen molar-refractivity contribution in [3.8, 4) is 0 Å². The van der Waals surface area contributed by atoms with Crippen molar-refractivity contribution in [2.24, 2.45) is 0 Å². The molecular weight excluding hydrogens is 308 g/mol. The molecule has 1 heterocycles. The van der Waals surface area contributed by atoms with Crippen LogP contribution in [-0.4, -0.2) is 16.5 Å². The molecule has 1 aromatic heterocycles. The molecule has 3 rings (SSSR count). The highest BCUT2D eigenvalue weighted by Crippen LogP contribution is 2.23. The largest absolute Gasteiger partial charge is 0.370 e. The number of benzene rings is 2. The van der Waals surface area contributed by atoms with Gasteiger partial charge in [-0.25, -0.2) is 4.98 Å². The number of nitrogens with one attached hydrogen (secondary N) is 2. The zero-order valence-electron chi connectivity index (χ0n) is 15.0. The second kappa shape index (κ2) is 7.79. The van der Waals surface area contributed by atoms with Gasteiger partial charge in [0.2, 0.25) is 5.95 Å². The Bertz CT molecular complexity index is 824. The molecule has 25 heavy (non-hydrogen) atoms. The van der Waals surface area contributed by atoms with Crippen molar-refractivity contribution < 1.29 is 0 Å². The smallest absolute Gasteiger partial charge is 0.229 e. The molecule has 0 spiro atoms. The minimum Gasteiger partial charge on any atom is -0.370 e. The van der Waals surface area contributed by atoms with Crippen LogP contribution in [0.2, 0.25) is 0 Å². The maximum atomic E-state index is 4.61. The molecule has 0 amide bonds. The summed E-state index contributed by atoms with van der Waals surface area (Å²) in [7, 11) is 0. The van der Waals surface area contributed by atoms with Crippen molar-refractivity contribution in [3.05, 3.63) is 77.0 Å². The minimum atomic E-state index is 0.625. The molecule has 4 nitrogen and oxygen atoms in total. The number of hydrogen-bond acceptors (Lipinski definition) is 4. The van der Waals surface area contributed by atoms with Gasteiger partial charge in [0, 0.05) is 24.0 Å². The minimum absolute atomic E-state index is 0.625. The van der Waals surface area contributed by atoms with Crippen LogP contribution in [0.3, 0.4) is 0 Å². The Morgan fingerprint density at radius 2 is 1.56 bits per heavy atom. The highest BCUT2D eigenvalue weighted by Gasteiger charge is 2.06. The zero-order chi connectivity index (χ0) is 17.6. The first-order chi connectivity index (χ1) is 12.1. The summed E-state index contributed by atoms with van der Waals surface area (Å²) in [5.41, 5.74) is 5.69. The molecule has 0 saturated heterocycles. The predicted octanol–water partition coefficient (Wildman–Crippen LogP) is 4.80. The first kappa shape index (κ1) is 17.0. The van der Waals surface area contributed by atoms with Crippen LogP contribution in [0.4, 0.5) is 17.5 Å². The molecule has 0 aliphatic carbocycles. The Kier molecular flexibility index (Phi) is 5.29. The van der Waals surface area contributed by atoms with Crippen LogP contribution in [0, 0.1) is 20.8 Å². The highest BCUT2D eigenvalue weighted by molar-refractivity contribution is 5.63. The van der Waals surface area contributed by atoms with E-state index in [-0.39, 0.29) is 0 Å². The third-order valence-electron chi connectivity index (χ3n) is 4.13. The van der Waals surface area contributed by atoms with Gasteiger partial charge >= 0.3 is 0 Å². The number of aryl methyl sites for hydroxylation is 3. The van der Waals surface area contributed by atoms with Gasteiger partial charge in [0.1, 0.15) is 5.82 Å². The van der Waals surface area contributed by atoms with Crippen LogP contribution in [0.15, 0.2) is 54.6 Å². The van der Waals surface area contributed by atoms with E-state index in [4.69, 9.17) is 0 Å². The van der Waals surface area contributed by atoms with E-state index >= 15 is 0 Å².